The standard InChI is InChI=1S/C28H28N2O2/c1-4-8-24(9-5-2)32-25-13-11-21(12-14-25)18-30-19-23-17-22(26-10-6-7-15-29-26)16-20(3)27(23)28(30)31/h4,6-17H,5,18-19H2,1-3H3/b8-4-,24-9+. The molecular weight excluding hydrogens is 396 g/mol. The number of carbonyl (C=O) groups excluding carboxylic acids is 1. The summed E-state index contributed by atoms with van der Waals surface area (Å²) in [4.78, 5) is 19.5. The van der Waals surface area contributed by atoms with Crippen LogP contribution in [0.5, 0.6) is 5.75 Å². The number of amides is 1. The molecule has 0 atom stereocenters. The van der Waals surface area contributed by atoms with Crippen molar-refractivity contribution in [3.8, 4) is 17.0 Å². The molecule has 32 heavy (non-hydrogen) atoms. The first-order chi connectivity index (χ1) is 15.6. The fourth-order valence-corrected chi connectivity index (χ4v) is 4.06. The SMILES string of the molecule is C/C=C\C(=C/CC)Oc1ccc(CN2Cc3cc(-c4ccccn4)cc(C)c3C2=O)cc1. The van der Waals surface area contributed by atoms with E-state index in [-0.39, 0.29) is 5.91 Å². The van der Waals surface area contributed by atoms with Gasteiger partial charge in [0, 0.05) is 30.4 Å². The van der Waals surface area contributed by atoms with Gasteiger partial charge in [-0.3, -0.25) is 9.78 Å². The van der Waals surface area contributed by atoms with Crippen molar-refractivity contribution < 1.29 is 9.53 Å². The van der Waals surface area contributed by atoms with Gasteiger partial charge in [-0.25, -0.2) is 0 Å². The van der Waals surface area contributed by atoms with Gasteiger partial charge in [0.25, 0.3) is 5.91 Å². The predicted molar refractivity (Wildman–Crippen MR) is 128 cm³/mol. The first-order valence-electron chi connectivity index (χ1n) is 11.0. The van der Waals surface area contributed by atoms with Gasteiger partial charge in [0.05, 0.1) is 5.69 Å². The highest BCUT2D eigenvalue weighted by Crippen LogP contribution is 2.32. The molecule has 162 valence electrons. The topological polar surface area (TPSA) is 42.4 Å². The lowest BCUT2D eigenvalue weighted by atomic mass is 9.98. The molecule has 1 amide bonds. The first kappa shape index (κ1) is 21.6. The van der Waals surface area contributed by atoms with Crippen molar-refractivity contribution in [3.05, 3.63) is 107 Å². The third-order valence-electron chi connectivity index (χ3n) is 5.51. The molecule has 0 spiro atoms. The second-order valence-electron chi connectivity index (χ2n) is 7.96. The van der Waals surface area contributed by atoms with Crippen LogP contribution in [0.3, 0.4) is 0 Å². The average molecular weight is 425 g/mol. The van der Waals surface area contributed by atoms with E-state index in [0.717, 1.165) is 51.4 Å². The van der Waals surface area contributed by atoms with Gasteiger partial charge in [-0.2, -0.15) is 0 Å². The molecule has 1 aliphatic heterocycles. The quantitative estimate of drug-likeness (QED) is 0.323. The van der Waals surface area contributed by atoms with Crippen LogP contribution >= 0.6 is 0 Å². The molecule has 4 rings (SSSR count). The second kappa shape index (κ2) is 9.65. The summed E-state index contributed by atoms with van der Waals surface area (Å²) in [5, 5.41) is 0. The lowest BCUT2D eigenvalue weighted by Gasteiger charge is -2.16. The van der Waals surface area contributed by atoms with E-state index in [9.17, 15) is 4.79 Å². The van der Waals surface area contributed by atoms with Crippen LogP contribution in [-0.2, 0) is 13.1 Å². The Morgan fingerprint density at radius 3 is 2.66 bits per heavy atom. The highest BCUT2D eigenvalue weighted by molar-refractivity contribution is 6.00. The van der Waals surface area contributed by atoms with Gasteiger partial charge in [-0.15, -0.1) is 0 Å². The number of benzene rings is 2. The third kappa shape index (κ3) is 4.65. The van der Waals surface area contributed by atoms with Gasteiger partial charge in [-0.05, 0) is 85.5 Å². The Balaban J connectivity index is 1.49. The van der Waals surface area contributed by atoms with Crippen molar-refractivity contribution in [1.29, 1.82) is 0 Å². The summed E-state index contributed by atoms with van der Waals surface area (Å²) < 4.78 is 5.95. The van der Waals surface area contributed by atoms with Crippen LogP contribution in [0.15, 0.2) is 84.8 Å². The van der Waals surface area contributed by atoms with Crippen molar-refractivity contribution in [2.75, 3.05) is 0 Å². The number of ether oxygens (including phenoxy) is 1. The predicted octanol–water partition coefficient (Wildman–Crippen LogP) is 6.46. The van der Waals surface area contributed by atoms with E-state index in [1.54, 1.807) is 6.20 Å². The molecule has 0 radical (unpaired) electrons. The molecular formula is C28H28N2O2. The molecule has 0 aliphatic carbocycles. The minimum atomic E-state index is 0.0895. The number of carbonyl (C=O) groups is 1. The molecule has 4 heteroatoms. The average Bonchev–Trinajstić information content (AvgIpc) is 3.11. The van der Waals surface area contributed by atoms with Crippen molar-refractivity contribution in [1.82, 2.24) is 9.88 Å². The van der Waals surface area contributed by atoms with Gasteiger partial charge in [0.15, 0.2) is 0 Å². The summed E-state index contributed by atoms with van der Waals surface area (Å²) >= 11 is 0. The largest absolute Gasteiger partial charge is 0.458 e. The summed E-state index contributed by atoms with van der Waals surface area (Å²) in [6.45, 7) is 7.24. The molecule has 1 aromatic heterocycles. The summed E-state index contributed by atoms with van der Waals surface area (Å²) in [5.41, 5.74) is 5.94. The zero-order chi connectivity index (χ0) is 22.5. The van der Waals surface area contributed by atoms with Crippen molar-refractivity contribution in [2.45, 2.75) is 40.3 Å². The van der Waals surface area contributed by atoms with Crippen LogP contribution in [0.25, 0.3) is 11.3 Å². The molecule has 2 heterocycles. The van der Waals surface area contributed by atoms with Crippen molar-refractivity contribution >= 4 is 5.91 Å². The zero-order valence-corrected chi connectivity index (χ0v) is 18.8. The Kier molecular flexibility index (Phi) is 6.50. The number of fused-ring (bicyclic) bond motifs is 1. The molecule has 0 bridgehead atoms. The van der Waals surface area contributed by atoms with Crippen LogP contribution in [0.4, 0.5) is 0 Å². The smallest absolute Gasteiger partial charge is 0.255 e. The molecule has 3 aromatic rings. The number of allylic oxidation sites excluding steroid dienone is 3. The Hall–Kier alpha value is -3.66. The van der Waals surface area contributed by atoms with E-state index in [2.05, 4.69) is 30.1 Å². The van der Waals surface area contributed by atoms with Crippen molar-refractivity contribution in [3.63, 3.8) is 0 Å². The summed E-state index contributed by atoms with van der Waals surface area (Å²) in [5.74, 6) is 1.72. The van der Waals surface area contributed by atoms with Crippen LogP contribution in [-0.4, -0.2) is 15.8 Å². The highest BCUT2D eigenvalue weighted by atomic mass is 16.5. The van der Waals surface area contributed by atoms with Crippen molar-refractivity contribution in [2.24, 2.45) is 0 Å². The number of hydrogen-bond donors (Lipinski definition) is 0. The van der Waals surface area contributed by atoms with Gasteiger partial charge in [0.2, 0.25) is 0 Å². The molecule has 0 unspecified atom stereocenters. The Morgan fingerprint density at radius 2 is 1.97 bits per heavy atom. The maximum absolute atomic E-state index is 13.1. The molecule has 0 saturated carbocycles. The Morgan fingerprint density at radius 1 is 1.16 bits per heavy atom. The first-order valence-corrected chi connectivity index (χ1v) is 11.0. The molecule has 0 N–H and O–H groups in total. The maximum atomic E-state index is 13.1. The second-order valence-corrected chi connectivity index (χ2v) is 7.96. The van der Waals surface area contributed by atoms with E-state index < -0.39 is 0 Å². The fourth-order valence-electron chi connectivity index (χ4n) is 4.06. The van der Waals surface area contributed by atoms with E-state index in [4.69, 9.17) is 4.74 Å². The minimum Gasteiger partial charge on any atom is -0.458 e. The zero-order valence-electron chi connectivity index (χ0n) is 18.8. The van der Waals surface area contributed by atoms with Crippen LogP contribution in [0.1, 0.15) is 47.3 Å². The van der Waals surface area contributed by atoms with Gasteiger partial charge >= 0.3 is 0 Å². The minimum absolute atomic E-state index is 0.0895. The van der Waals surface area contributed by atoms with E-state index in [1.807, 2.05) is 73.4 Å². The summed E-state index contributed by atoms with van der Waals surface area (Å²) in [6, 6.07) is 18.0. The van der Waals surface area contributed by atoms with E-state index in [0.29, 0.717) is 13.1 Å². The number of pyridine rings is 1. The normalized spacial score (nSPS) is 13.7. The van der Waals surface area contributed by atoms with Crippen LogP contribution in [0.2, 0.25) is 0 Å². The Labute approximate surface area is 189 Å². The van der Waals surface area contributed by atoms with Crippen LogP contribution in [0, 0.1) is 6.92 Å². The lowest BCUT2D eigenvalue weighted by Crippen LogP contribution is -2.23. The Bertz CT molecular complexity index is 1160. The molecule has 0 saturated heterocycles. The van der Waals surface area contributed by atoms with Gasteiger partial charge < -0.3 is 9.64 Å². The number of hydrogen-bond acceptors (Lipinski definition) is 3. The fraction of sp³-hybridized carbons (Fsp3) is 0.214. The van der Waals surface area contributed by atoms with E-state index >= 15 is 0 Å². The molecule has 2 aromatic carbocycles. The number of nitrogens with zero attached hydrogens (tertiary/aromatic N) is 2. The highest BCUT2D eigenvalue weighted by Gasteiger charge is 2.29. The van der Waals surface area contributed by atoms with E-state index in [1.165, 1.54) is 0 Å². The third-order valence-corrected chi connectivity index (χ3v) is 5.51. The summed E-state index contributed by atoms with van der Waals surface area (Å²) in [7, 11) is 0. The maximum Gasteiger partial charge on any atom is 0.255 e. The number of rotatable bonds is 7. The van der Waals surface area contributed by atoms with Gasteiger partial charge in [-0.1, -0.05) is 31.2 Å². The molecule has 4 nitrogen and oxygen atoms in total. The number of aryl methyl sites for hydroxylation is 1. The lowest BCUT2D eigenvalue weighted by molar-refractivity contribution is 0.0766. The number of aromatic nitrogens is 1. The molecule has 0 fully saturated rings. The molecule has 1 aliphatic rings. The summed E-state index contributed by atoms with van der Waals surface area (Å²) in [6.07, 6.45) is 8.68. The van der Waals surface area contributed by atoms with Crippen LogP contribution < -0.4 is 4.74 Å². The monoisotopic (exact) mass is 424 g/mol. The van der Waals surface area contributed by atoms with Gasteiger partial charge in [0.1, 0.15) is 11.5 Å².